The number of hydrogen-bond donors (Lipinski definition) is 1. The third-order valence-electron chi connectivity index (χ3n) is 3.13. The third-order valence-corrected chi connectivity index (χ3v) is 3.37. The Bertz CT molecular complexity index is 879. The van der Waals surface area contributed by atoms with Gasteiger partial charge < -0.3 is 5.32 Å². The monoisotopic (exact) mass is 333 g/mol. The highest BCUT2D eigenvalue weighted by molar-refractivity contribution is 6.30. The van der Waals surface area contributed by atoms with E-state index in [2.05, 4.69) is 10.4 Å². The van der Waals surface area contributed by atoms with Gasteiger partial charge in [-0.05, 0) is 30.3 Å². The summed E-state index contributed by atoms with van der Waals surface area (Å²) in [6.07, 6.45) is 1.47. The Kier molecular flexibility index (Phi) is 4.08. The van der Waals surface area contributed by atoms with Gasteiger partial charge in [0.15, 0.2) is 11.6 Å². The number of nitrogens with zero attached hydrogens (tertiary/aromatic N) is 2. The first-order valence-electron chi connectivity index (χ1n) is 6.61. The lowest BCUT2D eigenvalue weighted by Gasteiger charge is -2.10. The first-order valence-corrected chi connectivity index (χ1v) is 6.99. The van der Waals surface area contributed by atoms with E-state index >= 15 is 0 Å². The number of halogens is 3. The number of amides is 1. The number of nitrogens with one attached hydrogen (secondary N) is 1. The van der Waals surface area contributed by atoms with E-state index in [-0.39, 0.29) is 5.56 Å². The zero-order chi connectivity index (χ0) is 16.4. The summed E-state index contributed by atoms with van der Waals surface area (Å²) in [5.41, 5.74) is 0.237. The fourth-order valence-corrected chi connectivity index (χ4v) is 2.26. The van der Waals surface area contributed by atoms with Crippen LogP contribution in [-0.4, -0.2) is 15.7 Å². The molecule has 0 fully saturated rings. The molecule has 1 N–H and O–H groups in total. The van der Waals surface area contributed by atoms with Crippen molar-refractivity contribution in [2.75, 3.05) is 5.32 Å². The van der Waals surface area contributed by atoms with Gasteiger partial charge in [0, 0.05) is 11.1 Å². The van der Waals surface area contributed by atoms with Crippen LogP contribution in [0, 0.1) is 11.6 Å². The second-order valence-corrected chi connectivity index (χ2v) is 5.10. The Hall–Kier alpha value is -2.73. The van der Waals surface area contributed by atoms with E-state index in [4.69, 9.17) is 11.6 Å². The number of anilines is 1. The highest BCUT2D eigenvalue weighted by Crippen LogP contribution is 2.20. The highest BCUT2D eigenvalue weighted by atomic mass is 35.5. The molecule has 2 aromatic carbocycles. The quantitative estimate of drug-likeness (QED) is 0.785. The largest absolute Gasteiger partial charge is 0.306 e. The minimum atomic E-state index is -1.20. The van der Waals surface area contributed by atoms with E-state index in [0.717, 1.165) is 6.07 Å². The van der Waals surface area contributed by atoms with Crippen molar-refractivity contribution in [2.45, 2.75) is 0 Å². The SMILES string of the molecule is O=C(Nc1ccnn1-c1cccc(Cl)c1)c1cccc(F)c1F. The standard InChI is InChI=1S/C16H10ClF2N3O/c17-10-3-1-4-11(9-10)22-14(7-8-20-22)21-16(23)12-5-2-6-13(18)15(12)19/h1-9H,(H,21,23). The Labute approximate surface area is 135 Å². The molecule has 1 amide bonds. The zero-order valence-electron chi connectivity index (χ0n) is 11.6. The van der Waals surface area contributed by atoms with Gasteiger partial charge in [0.05, 0.1) is 17.4 Å². The topological polar surface area (TPSA) is 46.9 Å². The van der Waals surface area contributed by atoms with Gasteiger partial charge in [-0.3, -0.25) is 4.79 Å². The molecule has 7 heteroatoms. The van der Waals surface area contributed by atoms with Crippen molar-refractivity contribution < 1.29 is 13.6 Å². The fraction of sp³-hybridized carbons (Fsp3) is 0. The maximum Gasteiger partial charge on any atom is 0.259 e. The summed E-state index contributed by atoms with van der Waals surface area (Å²) in [7, 11) is 0. The number of carbonyl (C=O) groups is 1. The molecule has 4 nitrogen and oxygen atoms in total. The van der Waals surface area contributed by atoms with Crippen LogP contribution in [0.3, 0.4) is 0 Å². The van der Waals surface area contributed by atoms with Crippen molar-refractivity contribution in [3.8, 4) is 5.69 Å². The summed E-state index contributed by atoms with van der Waals surface area (Å²) < 4.78 is 28.3. The maximum absolute atomic E-state index is 13.7. The molecule has 0 aliphatic heterocycles. The van der Waals surface area contributed by atoms with Crippen molar-refractivity contribution in [1.82, 2.24) is 9.78 Å². The van der Waals surface area contributed by atoms with Crippen molar-refractivity contribution in [2.24, 2.45) is 0 Å². The summed E-state index contributed by atoms with van der Waals surface area (Å²) >= 11 is 5.93. The molecule has 0 atom stereocenters. The van der Waals surface area contributed by atoms with Gasteiger partial charge in [-0.25, -0.2) is 13.5 Å². The summed E-state index contributed by atoms with van der Waals surface area (Å²) in [5, 5.41) is 7.10. The van der Waals surface area contributed by atoms with Gasteiger partial charge in [0.25, 0.3) is 5.91 Å². The van der Waals surface area contributed by atoms with Crippen LogP contribution in [0.1, 0.15) is 10.4 Å². The van der Waals surface area contributed by atoms with E-state index in [0.29, 0.717) is 16.5 Å². The number of benzene rings is 2. The van der Waals surface area contributed by atoms with Crippen molar-refractivity contribution in [3.63, 3.8) is 0 Å². The molecule has 3 rings (SSSR count). The van der Waals surface area contributed by atoms with Crippen LogP contribution in [0.5, 0.6) is 0 Å². The van der Waals surface area contributed by atoms with Gasteiger partial charge in [-0.2, -0.15) is 5.10 Å². The minimum absolute atomic E-state index is 0.306. The molecule has 23 heavy (non-hydrogen) atoms. The molecular formula is C16H10ClF2N3O. The lowest BCUT2D eigenvalue weighted by molar-refractivity contribution is 0.102. The molecule has 3 aromatic rings. The third kappa shape index (κ3) is 3.07. The average Bonchev–Trinajstić information content (AvgIpc) is 2.98. The molecule has 1 aromatic heterocycles. The summed E-state index contributed by atoms with van der Waals surface area (Å²) in [4.78, 5) is 12.2. The van der Waals surface area contributed by atoms with Crippen LogP contribution in [0.15, 0.2) is 54.7 Å². The van der Waals surface area contributed by atoms with Crippen molar-refractivity contribution in [1.29, 1.82) is 0 Å². The maximum atomic E-state index is 13.7. The molecule has 0 saturated carbocycles. The lowest BCUT2D eigenvalue weighted by atomic mass is 10.2. The fourth-order valence-electron chi connectivity index (χ4n) is 2.07. The Morgan fingerprint density at radius 1 is 1.13 bits per heavy atom. The minimum Gasteiger partial charge on any atom is -0.306 e. The predicted molar refractivity (Wildman–Crippen MR) is 82.9 cm³/mol. The Morgan fingerprint density at radius 3 is 2.70 bits per heavy atom. The molecular weight excluding hydrogens is 324 g/mol. The molecule has 0 spiro atoms. The summed E-state index contributed by atoms with van der Waals surface area (Å²) in [6.45, 7) is 0. The average molecular weight is 334 g/mol. The molecule has 0 aliphatic carbocycles. The Balaban J connectivity index is 1.91. The summed E-state index contributed by atoms with van der Waals surface area (Å²) in [5.74, 6) is -2.74. The first-order chi connectivity index (χ1) is 11.1. The summed E-state index contributed by atoms with van der Waals surface area (Å²) in [6, 6.07) is 11.8. The van der Waals surface area contributed by atoms with Gasteiger partial charge in [-0.1, -0.05) is 23.7 Å². The van der Waals surface area contributed by atoms with Crippen molar-refractivity contribution >= 4 is 23.3 Å². The second kappa shape index (κ2) is 6.18. The molecule has 116 valence electrons. The van der Waals surface area contributed by atoms with Crippen LogP contribution in [0.2, 0.25) is 5.02 Å². The van der Waals surface area contributed by atoms with Crippen LogP contribution in [0.4, 0.5) is 14.6 Å². The van der Waals surface area contributed by atoms with Gasteiger partial charge in [0.2, 0.25) is 0 Å². The highest BCUT2D eigenvalue weighted by Gasteiger charge is 2.17. The molecule has 1 heterocycles. The van der Waals surface area contributed by atoms with Crippen LogP contribution in [-0.2, 0) is 0 Å². The van der Waals surface area contributed by atoms with Crippen molar-refractivity contribution in [3.05, 3.63) is 76.9 Å². The lowest BCUT2D eigenvalue weighted by Crippen LogP contribution is -2.17. The van der Waals surface area contributed by atoms with E-state index in [1.807, 2.05) is 0 Å². The number of rotatable bonds is 3. The smallest absolute Gasteiger partial charge is 0.259 e. The van der Waals surface area contributed by atoms with E-state index < -0.39 is 17.5 Å². The van der Waals surface area contributed by atoms with Gasteiger partial charge in [0.1, 0.15) is 5.82 Å². The molecule has 0 radical (unpaired) electrons. The first kappa shape index (κ1) is 15.2. The molecule has 0 aliphatic rings. The van der Waals surface area contributed by atoms with E-state index in [1.54, 1.807) is 24.3 Å². The number of hydrogen-bond acceptors (Lipinski definition) is 2. The van der Waals surface area contributed by atoms with Crippen LogP contribution < -0.4 is 5.32 Å². The Morgan fingerprint density at radius 2 is 1.91 bits per heavy atom. The van der Waals surface area contributed by atoms with Crippen LogP contribution >= 0.6 is 11.6 Å². The van der Waals surface area contributed by atoms with Gasteiger partial charge in [-0.15, -0.1) is 0 Å². The normalized spacial score (nSPS) is 10.6. The zero-order valence-corrected chi connectivity index (χ0v) is 12.4. The molecule has 0 saturated heterocycles. The predicted octanol–water partition coefficient (Wildman–Crippen LogP) is 4.06. The number of aromatic nitrogens is 2. The van der Waals surface area contributed by atoms with E-state index in [9.17, 15) is 13.6 Å². The molecule has 0 unspecified atom stereocenters. The molecule has 0 bridgehead atoms. The number of carbonyl (C=O) groups excluding carboxylic acids is 1. The second-order valence-electron chi connectivity index (χ2n) is 4.66. The van der Waals surface area contributed by atoms with E-state index in [1.165, 1.54) is 29.1 Å². The van der Waals surface area contributed by atoms with Crippen LogP contribution in [0.25, 0.3) is 5.69 Å². The van der Waals surface area contributed by atoms with Gasteiger partial charge >= 0.3 is 0 Å².